The van der Waals surface area contributed by atoms with Crippen LogP contribution in [0.25, 0.3) is 16.9 Å². The minimum Gasteiger partial charge on any atom is -0.378 e. The number of pyridine rings is 1. The van der Waals surface area contributed by atoms with Crippen molar-refractivity contribution in [3.8, 4) is 11.4 Å². The fourth-order valence-electron chi connectivity index (χ4n) is 2.84. The second-order valence-electron chi connectivity index (χ2n) is 5.58. The van der Waals surface area contributed by atoms with E-state index < -0.39 is 0 Å². The van der Waals surface area contributed by atoms with Crippen molar-refractivity contribution in [2.75, 3.05) is 31.2 Å². The van der Waals surface area contributed by atoms with E-state index in [0.29, 0.717) is 0 Å². The van der Waals surface area contributed by atoms with Gasteiger partial charge in [-0.3, -0.25) is 0 Å². The van der Waals surface area contributed by atoms with Crippen LogP contribution in [-0.2, 0) is 11.2 Å². The molecule has 3 aromatic heterocycles. The number of ether oxygens (including phenoxy) is 1. The van der Waals surface area contributed by atoms with Crippen molar-refractivity contribution >= 4 is 11.5 Å². The lowest BCUT2D eigenvalue weighted by molar-refractivity contribution is 0.122. The van der Waals surface area contributed by atoms with E-state index in [1.165, 1.54) is 0 Å². The Hall–Kier alpha value is -2.47. The molecule has 0 radical (unpaired) electrons. The maximum Gasteiger partial charge on any atom is 0.226 e. The molecule has 0 aromatic carbocycles. The van der Waals surface area contributed by atoms with Crippen molar-refractivity contribution in [2.45, 2.75) is 13.3 Å². The lowest BCUT2D eigenvalue weighted by atomic mass is 10.2. The molecule has 1 saturated heterocycles. The van der Waals surface area contributed by atoms with Crippen molar-refractivity contribution in [3.05, 3.63) is 42.2 Å². The number of fused-ring (bicyclic) bond motifs is 1. The van der Waals surface area contributed by atoms with Gasteiger partial charge in [0.25, 0.3) is 0 Å². The van der Waals surface area contributed by atoms with Gasteiger partial charge in [-0.2, -0.15) is 5.10 Å². The van der Waals surface area contributed by atoms with Crippen LogP contribution in [0.4, 0.5) is 5.95 Å². The zero-order valence-corrected chi connectivity index (χ0v) is 13.1. The van der Waals surface area contributed by atoms with Crippen molar-refractivity contribution in [3.63, 3.8) is 0 Å². The number of aryl methyl sites for hydroxylation is 1. The van der Waals surface area contributed by atoms with E-state index in [0.717, 1.165) is 61.3 Å². The second-order valence-corrected chi connectivity index (χ2v) is 5.58. The van der Waals surface area contributed by atoms with Gasteiger partial charge in [0.1, 0.15) is 0 Å². The van der Waals surface area contributed by atoms with E-state index in [9.17, 15) is 0 Å². The van der Waals surface area contributed by atoms with E-state index >= 15 is 0 Å². The highest BCUT2D eigenvalue weighted by Gasteiger charge is 2.17. The van der Waals surface area contributed by atoms with E-state index in [4.69, 9.17) is 14.7 Å². The Balaban J connectivity index is 1.83. The Labute approximate surface area is 134 Å². The molecule has 0 atom stereocenters. The van der Waals surface area contributed by atoms with Crippen LogP contribution in [0.1, 0.15) is 12.6 Å². The number of aromatic nitrogens is 4. The SMILES string of the molecule is CCc1cc(-c2cccc3ccnn23)nc(N2CCOCC2)n1. The first-order valence-corrected chi connectivity index (χ1v) is 7.99. The van der Waals surface area contributed by atoms with Gasteiger partial charge >= 0.3 is 0 Å². The van der Waals surface area contributed by atoms with Gasteiger partial charge in [-0.1, -0.05) is 13.0 Å². The highest BCUT2D eigenvalue weighted by molar-refractivity contribution is 5.62. The second kappa shape index (κ2) is 5.96. The Kier molecular flexibility index (Phi) is 3.67. The number of hydrogen-bond donors (Lipinski definition) is 0. The van der Waals surface area contributed by atoms with Crippen LogP contribution in [0.3, 0.4) is 0 Å². The highest BCUT2D eigenvalue weighted by Crippen LogP contribution is 2.22. The molecule has 0 N–H and O–H groups in total. The molecule has 6 nitrogen and oxygen atoms in total. The molecule has 0 unspecified atom stereocenters. The van der Waals surface area contributed by atoms with Crippen LogP contribution in [0.2, 0.25) is 0 Å². The summed E-state index contributed by atoms with van der Waals surface area (Å²) in [7, 11) is 0. The number of nitrogens with zero attached hydrogens (tertiary/aromatic N) is 5. The Bertz CT molecular complexity index is 823. The lowest BCUT2D eigenvalue weighted by Crippen LogP contribution is -2.37. The van der Waals surface area contributed by atoms with Gasteiger partial charge < -0.3 is 9.64 Å². The zero-order valence-electron chi connectivity index (χ0n) is 13.1. The molecule has 4 heterocycles. The van der Waals surface area contributed by atoms with E-state index in [-0.39, 0.29) is 0 Å². The molecule has 0 bridgehead atoms. The summed E-state index contributed by atoms with van der Waals surface area (Å²) in [5, 5.41) is 4.42. The van der Waals surface area contributed by atoms with Crippen molar-refractivity contribution in [1.29, 1.82) is 0 Å². The van der Waals surface area contributed by atoms with E-state index in [1.807, 2.05) is 35.0 Å². The topological polar surface area (TPSA) is 55.5 Å². The molecule has 1 fully saturated rings. The predicted molar refractivity (Wildman–Crippen MR) is 88.6 cm³/mol. The van der Waals surface area contributed by atoms with E-state index in [2.05, 4.69) is 23.0 Å². The largest absolute Gasteiger partial charge is 0.378 e. The molecular formula is C17H19N5O. The van der Waals surface area contributed by atoms with Crippen LogP contribution in [0, 0.1) is 0 Å². The van der Waals surface area contributed by atoms with Crippen molar-refractivity contribution in [1.82, 2.24) is 19.6 Å². The third-order valence-electron chi connectivity index (χ3n) is 4.11. The molecule has 0 saturated carbocycles. The Morgan fingerprint density at radius 3 is 2.83 bits per heavy atom. The molecule has 23 heavy (non-hydrogen) atoms. The van der Waals surface area contributed by atoms with Gasteiger partial charge in [-0.05, 0) is 30.7 Å². The summed E-state index contributed by atoms with van der Waals surface area (Å²) >= 11 is 0. The van der Waals surface area contributed by atoms with Crippen LogP contribution in [0.5, 0.6) is 0 Å². The maximum absolute atomic E-state index is 5.43. The molecule has 6 heteroatoms. The third-order valence-corrected chi connectivity index (χ3v) is 4.11. The molecule has 0 aliphatic carbocycles. The molecule has 118 valence electrons. The van der Waals surface area contributed by atoms with Crippen LogP contribution in [0.15, 0.2) is 36.5 Å². The van der Waals surface area contributed by atoms with E-state index in [1.54, 1.807) is 0 Å². The smallest absolute Gasteiger partial charge is 0.226 e. The Morgan fingerprint density at radius 2 is 2.00 bits per heavy atom. The summed E-state index contributed by atoms with van der Waals surface area (Å²) in [6.45, 7) is 5.23. The molecular weight excluding hydrogens is 290 g/mol. The normalized spacial score (nSPS) is 15.3. The van der Waals surface area contributed by atoms with Gasteiger partial charge in [0.2, 0.25) is 5.95 Å². The standard InChI is InChI=1S/C17H19N5O/c1-2-13-12-15(16-5-3-4-14-6-7-18-22(14)16)20-17(19-13)21-8-10-23-11-9-21/h3-7,12H,2,8-11H2,1H3. The predicted octanol–water partition coefficient (Wildman–Crippen LogP) is 2.19. The fourth-order valence-corrected chi connectivity index (χ4v) is 2.84. The van der Waals surface area contributed by atoms with Crippen LogP contribution < -0.4 is 4.90 Å². The number of hydrogen-bond acceptors (Lipinski definition) is 5. The first kappa shape index (κ1) is 14.1. The van der Waals surface area contributed by atoms with Gasteiger partial charge in [-0.15, -0.1) is 0 Å². The quantitative estimate of drug-likeness (QED) is 0.742. The summed E-state index contributed by atoms with van der Waals surface area (Å²) in [5.74, 6) is 0.784. The Morgan fingerprint density at radius 1 is 1.13 bits per heavy atom. The number of morpholine rings is 1. The number of anilines is 1. The van der Waals surface area contributed by atoms with Crippen molar-refractivity contribution in [2.24, 2.45) is 0 Å². The minimum absolute atomic E-state index is 0.726. The molecule has 1 aliphatic rings. The van der Waals surface area contributed by atoms with Gasteiger partial charge in [0.05, 0.1) is 36.3 Å². The van der Waals surface area contributed by atoms with Gasteiger partial charge in [-0.25, -0.2) is 14.5 Å². The molecule has 4 rings (SSSR count). The summed E-state index contributed by atoms with van der Waals surface area (Å²) < 4.78 is 7.35. The average molecular weight is 309 g/mol. The first-order chi connectivity index (χ1) is 11.3. The zero-order chi connectivity index (χ0) is 15.6. The van der Waals surface area contributed by atoms with Gasteiger partial charge in [0, 0.05) is 18.8 Å². The summed E-state index contributed by atoms with van der Waals surface area (Å²) in [6, 6.07) is 10.2. The fraction of sp³-hybridized carbons (Fsp3) is 0.353. The summed E-state index contributed by atoms with van der Waals surface area (Å²) in [6.07, 6.45) is 2.69. The maximum atomic E-state index is 5.43. The van der Waals surface area contributed by atoms with Crippen LogP contribution in [-0.4, -0.2) is 45.9 Å². The first-order valence-electron chi connectivity index (χ1n) is 7.99. The molecule has 3 aromatic rings. The summed E-state index contributed by atoms with van der Waals surface area (Å²) in [5.41, 5.74) is 4.00. The molecule has 1 aliphatic heterocycles. The highest BCUT2D eigenvalue weighted by atomic mass is 16.5. The minimum atomic E-state index is 0.726. The van der Waals surface area contributed by atoms with Crippen molar-refractivity contribution < 1.29 is 4.74 Å². The number of rotatable bonds is 3. The van der Waals surface area contributed by atoms with Crippen LogP contribution >= 0.6 is 0 Å². The molecule has 0 amide bonds. The lowest BCUT2D eigenvalue weighted by Gasteiger charge is -2.27. The molecule has 0 spiro atoms. The third kappa shape index (κ3) is 2.66. The van der Waals surface area contributed by atoms with Gasteiger partial charge in [0.15, 0.2) is 0 Å². The average Bonchev–Trinajstić information content (AvgIpc) is 3.10. The monoisotopic (exact) mass is 309 g/mol. The summed E-state index contributed by atoms with van der Waals surface area (Å²) in [4.78, 5) is 11.7.